The second kappa shape index (κ2) is 9.40. The van der Waals surface area contributed by atoms with Gasteiger partial charge in [0.1, 0.15) is 5.82 Å². The van der Waals surface area contributed by atoms with Gasteiger partial charge in [-0.05, 0) is 61.9 Å². The Labute approximate surface area is 162 Å². The Morgan fingerprint density at radius 1 is 1.04 bits per heavy atom. The standard InChI is InChI=1S/C22H31N5/c1-17-7-8-20(18(2)13-17)16-26-22(23-3)25-15-19-9-10-24-21(14-19)27-11-5-4-6-12-27/h7-10,13-14H,4-6,11-12,15-16H2,1-3H3,(H2,23,25,26). The number of aliphatic imine (C=N–C) groups is 1. The molecule has 1 aromatic carbocycles. The van der Waals surface area contributed by atoms with Crippen molar-refractivity contribution in [2.75, 3.05) is 25.0 Å². The molecule has 27 heavy (non-hydrogen) atoms. The quantitative estimate of drug-likeness (QED) is 0.628. The van der Waals surface area contributed by atoms with Crippen LogP contribution in [0.15, 0.2) is 41.5 Å². The number of piperidine rings is 1. The fraction of sp³-hybridized carbons (Fsp3) is 0.455. The number of nitrogens with zero attached hydrogens (tertiary/aromatic N) is 3. The van der Waals surface area contributed by atoms with Crippen LogP contribution >= 0.6 is 0 Å². The minimum atomic E-state index is 0.732. The van der Waals surface area contributed by atoms with Crippen LogP contribution in [0.1, 0.15) is 41.5 Å². The third-order valence-electron chi connectivity index (χ3n) is 5.12. The number of nitrogens with one attached hydrogen (secondary N) is 2. The normalized spacial score (nSPS) is 14.9. The van der Waals surface area contributed by atoms with Gasteiger partial charge in [0, 0.05) is 39.4 Å². The van der Waals surface area contributed by atoms with Crippen molar-refractivity contribution in [1.29, 1.82) is 0 Å². The number of rotatable bonds is 5. The van der Waals surface area contributed by atoms with E-state index in [1.54, 1.807) is 0 Å². The van der Waals surface area contributed by atoms with Crippen LogP contribution in [0.3, 0.4) is 0 Å². The first kappa shape index (κ1) is 19.2. The Balaban J connectivity index is 1.54. The predicted octanol–water partition coefficient (Wildman–Crippen LogP) is 3.55. The number of benzene rings is 1. The van der Waals surface area contributed by atoms with Crippen LogP contribution in [0, 0.1) is 13.8 Å². The Bertz CT molecular complexity index is 778. The summed E-state index contributed by atoms with van der Waals surface area (Å²) in [7, 11) is 1.81. The molecule has 144 valence electrons. The van der Waals surface area contributed by atoms with Crippen molar-refractivity contribution in [3.63, 3.8) is 0 Å². The van der Waals surface area contributed by atoms with Crippen molar-refractivity contribution in [3.05, 3.63) is 58.8 Å². The molecule has 0 radical (unpaired) electrons. The van der Waals surface area contributed by atoms with Crippen molar-refractivity contribution >= 4 is 11.8 Å². The van der Waals surface area contributed by atoms with Gasteiger partial charge in [-0.2, -0.15) is 0 Å². The van der Waals surface area contributed by atoms with Crippen molar-refractivity contribution < 1.29 is 0 Å². The Hall–Kier alpha value is -2.56. The van der Waals surface area contributed by atoms with Crippen LogP contribution in [-0.2, 0) is 13.1 Å². The van der Waals surface area contributed by atoms with Gasteiger partial charge < -0.3 is 15.5 Å². The van der Waals surface area contributed by atoms with Gasteiger partial charge in [-0.3, -0.25) is 4.99 Å². The fourth-order valence-corrected chi connectivity index (χ4v) is 3.50. The van der Waals surface area contributed by atoms with Crippen LogP contribution in [-0.4, -0.2) is 31.1 Å². The average Bonchev–Trinajstić information content (AvgIpc) is 2.70. The zero-order valence-electron chi connectivity index (χ0n) is 16.8. The molecule has 2 aromatic rings. The molecule has 2 heterocycles. The molecule has 1 saturated heterocycles. The van der Waals surface area contributed by atoms with Crippen LogP contribution in [0.5, 0.6) is 0 Å². The summed E-state index contributed by atoms with van der Waals surface area (Å²) in [5.74, 6) is 1.90. The van der Waals surface area contributed by atoms with Gasteiger partial charge in [0.05, 0.1) is 0 Å². The van der Waals surface area contributed by atoms with E-state index >= 15 is 0 Å². The summed E-state index contributed by atoms with van der Waals surface area (Å²) in [6.07, 6.45) is 5.77. The van der Waals surface area contributed by atoms with E-state index in [-0.39, 0.29) is 0 Å². The summed E-state index contributed by atoms with van der Waals surface area (Å²) in [5.41, 5.74) is 5.11. The van der Waals surface area contributed by atoms with Gasteiger partial charge in [-0.15, -0.1) is 0 Å². The summed E-state index contributed by atoms with van der Waals surface area (Å²) in [6, 6.07) is 10.8. The van der Waals surface area contributed by atoms with Gasteiger partial charge in [0.15, 0.2) is 5.96 Å². The van der Waals surface area contributed by atoms with Crippen LogP contribution in [0.2, 0.25) is 0 Å². The van der Waals surface area contributed by atoms with E-state index in [0.717, 1.165) is 38.0 Å². The molecule has 0 amide bonds. The topological polar surface area (TPSA) is 52.6 Å². The molecule has 0 atom stereocenters. The molecular weight excluding hydrogens is 334 g/mol. The highest BCUT2D eigenvalue weighted by atomic mass is 15.2. The van der Waals surface area contributed by atoms with Gasteiger partial charge in [0.2, 0.25) is 0 Å². The molecular formula is C22H31N5. The summed E-state index contributed by atoms with van der Waals surface area (Å²) < 4.78 is 0. The summed E-state index contributed by atoms with van der Waals surface area (Å²) >= 11 is 0. The molecule has 0 unspecified atom stereocenters. The minimum Gasteiger partial charge on any atom is -0.357 e. The van der Waals surface area contributed by atoms with E-state index < -0.39 is 0 Å². The van der Waals surface area contributed by atoms with E-state index in [2.05, 4.69) is 69.7 Å². The minimum absolute atomic E-state index is 0.732. The van der Waals surface area contributed by atoms with Crippen molar-refractivity contribution in [2.24, 2.45) is 4.99 Å². The molecule has 2 N–H and O–H groups in total. The highest BCUT2D eigenvalue weighted by molar-refractivity contribution is 5.79. The molecule has 5 nitrogen and oxygen atoms in total. The monoisotopic (exact) mass is 365 g/mol. The third kappa shape index (κ3) is 5.46. The highest BCUT2D eigenvalue weighted by Crippen LogP contribution is 2.18. The second-order valence-electron chi connectivity index (χ2n) is 7.28. The van der Waals surface area contributed by atoms with Gasteiger partial charge >= 0.3 is 0 Å². The molecule has 0 bridgehead atoms. The maximum absolute atomic E-state index is 4.56. The van der Waals surface area contributed by atoms with E-state index in [1.807, 2.05) is 13.2 Å². The summed E-state index contributed by atoms with van der Waals surface area (Å²) in [6.45, 7) is 8.00. The molecule has 5 heteroatoms. The Morgan fingerprint density at radius 2 is 1.81 bits per heavy atom. The first-order valence-corrected chi connectivity index (χ1v) is 9.86. The lowest BCUT2D eigenvalue weighted by Gasteiger charge is -2.28. The first-order valence-electron chi connectivity index (χ1n) is 9.86. The van der Waals surface area contributed by atoms with Gasteiger partial charge in [0.25, 0.3) is 0 Å². The Morgan fingerprint density at radius 3 is 2.56 bits per heavy atom. The predicted molar refractivity (Wildman–Crippen MR) is 113 cm³/mol. The maximum atomic E-state index is 4.56. The first-order chi connectivity index (χ1) is 13.2. The van der Waals surface area contributed by atoms with Crippen LogP contribution in [0.4, 0.5) is 5.82 Å². The van der Waals surface area contributed by atoms with Crippen LogP contribution in [0.25, 0.3) is 0 Å². The molecule has 1 fully saturated rings. The second-order valence-corrected chi connectivity index (χ2v) is 7.28. The fourth-order valence-electron chi connectivity index (χ4n) is 3.50. The number of pyridine rings is 1. The smallest absolute Gasteiger partial charge is 0.191 e. The number of hydrogen-bond acceptors (Lipinski definition) is 3. The van der Waals surface area contributed by atoms with E-state index in [0.29, 0.717) is 0 Å². The van der Waals surface area contributed by atoms with E-state index in [1.165, 1.54) is 41.5 Å². The molecule has 1 aromatic heterocycles. The Kier molecular flexibility index (Phi) is 6.69. The molecule has 3 rings (SSSR count). The maximum Gasteiger partial charge on any atom is 0.191 e. The lowest BCUT2D eigenvalue weighted by atomic mass is 10.1. The van der Waals surface area contributed by atoms with E-state index in [4.69, 9.17) is 0 Å². The number of guanidine groups is 1. The van der Waals surface area contributed by atoms with Crippen molar-refractivity contribution in [1.82, 2.24) is 15.6 Å². The zero-order valence-corrected chi connectivity index (χ0v) is 16.8. The number of aromatic nitrogens is 1. The molecule has 0 aliphatic carbocycles. The molecule has 0 spiro atoms. The van der Waals surface area contributed by atoms with Crippen molar-refractivity contribution in [3.8, 4) is 0 Å². The lowest BCUT2D eigenvalue weighted by Crippen LogP contribution is -2.36. The van der Waals surface area contributed by atoms with E-state index in [9.17, 15) is 0 Å². The molecule has 0 saturated carbocycles. The molecule has 1 aliphatic rings. The zero-order chi connectivity index (χ0) is 19.1. The summed E-state index contributed by atoms with van der Waals surface area (Å²) in [5, 5.41) is 6.82. The van der Waals surface area contributed by atoms with Gasteiger partial charge in [-0.25, -0.2) is 4.98 Å². The molecule has 1 aliphatic heterocycles. The van der Waals surface area contributed by atoms with Gasteiger partial charge in [-0.1, -0.05) is 23.8 Å². The third-order valence-corrected chi connectivity index (χ3v) is 5.12. The van der Waals surface area contributed by atoms with Crippen LogP contribution < -0.4 is 15.5 Å². The largest absolute Gasteiger partial charge is 0.357 e. The summed E-state index contributed by atoms with van der Waals surface area (Å²) in [4.78, 5) is 11.3. The number of aryl methyl sites for hydroxylation is 2. The average molecular weight is 366 g/mol. The lowest BCUT2D eigenvalue weighted by molar-refractivity contribution is 0.573. The number of anilines is 1. The van der Waals surface area contributed by atoms with Crippen molar-refractivity contribution in [2.45, 2.75) is 46.2 Å². The number of hydrogen-bond donors (Lipinski definition) is 2. The highest BCUT2D eigenvalue weighted by Gasteiger charge is 2.12. The SMILES string of the molecule is CN=C(NCc1ccnc(N2CCCCC2)c1)NCc1ccc(C)cc1C.